The van der Waals surface area contributed by atoms with Crippen molar-refractivity contribution in [1.29, 1.82) is 0 Å². The van der Waals surface area contributed by atoms with E-state index in [1.54, 1.807) is 4.90 Å². The van der Waals surface area contributed by atoms with Crippen LogP contribution in [-0.4, -0.2) is 41.2 Å². The third kappa shape index (κ3) is 2.70. The van der Waals surface area contributed by atoms with Crippen molar-refractivity contribution in [3.8, 4) is 0 Å². The van der Waals surface area contributed by atoms with Gasteiger partial charge in [0.05, 0.1) is 19.3 Å². The first-order valence-electron chi connectivity index (χ1n) is 5.91. The van der Waals surface area contributed by atoms with Gasteiger partial charge in [0.2, 0.25) is 5.91 Å². The summed E-state index contributed by atoms with van der Waals surface area (Å²) in [7, 11) is 0. The lowest BCUT2D eigenvalue weighted by molar-refractivity contribution is -0.139. The maximum atomic E-state index is 12.1. The lowest BCUT2D eigenvalue weighted by Gasteiger charge is -2.33. The molecule has 18 heavy (non-hydrogen) atoms. The Kier molecular flexibility index (Phi) is 3.66. The maximum Gasteiger partial charge on any atom is 0.251 e. The Morgan fingerprint density at radius 3 is 3.06 bits per heavy atom. The summed E-state index contributed by atoms with van der Waals surface area (Å²) in [6.45, 7) is 3.60. The van der Waals surface area contributed by atoms with Gasteiger partial charge in [0.15, 0.2) is 0 Å². The predicted octanol–water partition coefficient (Wildman–Crippen LogP) is -0.322. The second kappa shape index (κ2) is 5.22. The summed E-state index contributed by atoms with van der Waals surface area (Å²) in [6, 6.07) is 2.94. The predicted molar refractivity (Wildman–Crippen MR) is 67.1 cm³/mol. The number of nitrogens with zero attached hydrogens (tertiary/aromatic N) is 2. The lowest BCUT2D eigenvalue weighted by atomic mass is 10.2. The van der Waals surface area contributed by atoms with Gasteiger partial charge in [-0.25, -0.2) is 0 Å². The van der Waals surface area contributed by atoms with Crippen LogP contribution in [0.5, 0.6) is 0 Å². The van der Waals surface area contributed by atoms with Crippen molar-refractivity contribution in [3.63, 3.8) is 0 Å². The number of carbonyl (C=O) groups is 1. The quantitative estimate of drug-likeness (QED) is 0.781. The van der Waals surface area contributed by atoms with Crippen molar-refractivity contribution in [2.24, 2.45) is 0 Å². The largest absolute Gasteiger partial charge is 0.398 e. The molecule has 6 heteroatoms. The Labute approximate surface area is 105 Å². The van der Waals surface area contributed by atoms with E-state index in [1.165, 1.54) is 22.9 Å². The topological polar surface area (TPSA) is 77.6 Å². The third-order valence-electron chi connectivity index (χ3n) is 3.00. The molecule has 1 amide bonds. The molecule has 1 atom stereocenters. The van der Waals surface area contributed by atoms with Crippen LogP contribution < -0.4 is 11.3 Å². The van der Waals surface area contributed by atoms with Crippen LogP contribution in [-0.2, 0) is 16.1 Å². The summed E-state index contributed by atoms with van der Waals surface area (Å²) >= 11 is 0. The van der Waals surface area contributed by atoms with E-state index in [9.17, 15) is 9.59 Å². The smallest absolute Gasteiger partial charge is 0.251 e. The summed E-state index contributed by atoms with van der Waals surface area (Å²) in [5.74, 6) is -0.0847. The molecule has 1 aliphatic heterocycles. The van der Waals surface area contributed by atoms with Crippen molar-refractivity contribution >= 4 is 11.6 Å². The van der Waals surface area contributed by atoms with Crippen molar-refractivity contribution in [3.05, 3.63) is 28.7 Å². The first-order chi connectivity index (χ1) is 8.58. The van der Waals surface area contributed by atoms with E-state index in [4.69, 9.17) is 10.5 Å². The van der Waals surface area contributed by atoms with Crippen LogP contribution >= 0.6 is 0 Å². The van der Waals surface area contributed by atoms with E-state index in [2.05, 4.69) is 0 Å². The van der Waals surface area contributed by atoms with Crippen LogP contribution in [0.4, 0.5) is 5.69 Å². The van der Waals surface area contributed by atoms with E-state index in [0.29, 0.717) is 25.4 Å². The van der Waals surface area contributed by atoms with Gasteiger partial charge in [0.1, 0.15) is 6.54 Å². The minimum absolute atomic E-state index is 0.0220. The summed E-state index contributed by atoms with van der Waals surface area (Å²) in [5, 5.41) is 0. The van der Waals surface area contributed by atoms with Crippen molar-refractivity contribution in [2.45, 2.75) is 19.5 Å². The van der Waals surface area contributed by atoms with Crippen LogP contribution in [0.15, 0.2) is 23.1 Å². The highest BCUT2D eigenvalue weighted by atomic mass is 16.5. The Morgan fingerprint density at radius 2 is 2.33 bits per heavy atom. The van der Waals surface area contributed by atoms with E-state index < -0.39 is 0 Å². The Morgan fingerprint density at radius 1 is 1.56 bits per heavy atom. The summed E-state index contributed by atoms with van der Waals surface area (Å²) in [6.07, 6.45) is 1.49. The molecule has 1 unspecified atom stereocenters. The Bertz CT molecular complexity index is 498. The molecule has 1 aromatic rings. The van der Waals surface area contributed by atoms with Gasteiger partial charge in [-0.05, 0) is 13.0 Å². The average molecular weight is 251 g/mol. The standard InChI is InChI=1S/C12H17N3O3/c1-9-8-18-5-4-15(9)12(17)7-14-6-10(13)2-3-11(14)16/h2-3,6,9H,4-5,7-8,13H2,1H3. The lowest BCUT2D eigenvalue weighted by Crippen LogP contribution is -2.48. The van der Waals surface area contributed by atoms with Crippen molar-refractivity contribution < 1.29 is 9.53 Å². The molecule has 0 radical (unpaired) electrons. The number of morpholine rings is 1. The number of hydrogen-bond acceptors (Lipinski definition) is 4. The zero-order valence-corrected chi connectivity index (χ0v) is 10.3. The molecular weight excluding hydrogens is 234 g/mol. The van der Waals surface area contributed by atoms with E-state index in [0.717, 1.165) is 0 Å². The first kappa shape index (κ1) is 12.6. The molecule has 2 N–H and O–H groups in total. The molecule has 0 bridgehead atoms. The summed E-state index contributed by atoms with van der Waals surface area (Å²) in [5.41, 5.74) is 5.85. The number of ether oxygens (including phenoxy) is 1. The minimum atomic E-state index is -0.224. The molecule has 1 aliphatic rings. The van der Waals surface area contributed by atoms with Gasteiger partial charge < -0.3 is 19.9 Å². The van der Waals surface area contributed by atoms with Crippen LogP contribution in [0.25, 0.3) is 0 Å². The fraction of sp³-hybridized carbons (Fsp3) is 0.500. The van der Waals surface area contributed by atoms with Crippen molar-refractivity contribution in [1.82, 2.24) is 9.47 Å². The average Bonchev–Trinajstić information content (AvgIpc) is 2.34. The second-order valence-corrected chi connectivity index (χ2v) is 4.44. The molecule has 2 heterocycles. The number of amides is 1. The van der Waals surface area contributed by atoms with E-state index >= 15 is 0 Å². The second-order valence-electron chi connectivity index (χ2n) is 4.44. The first-order valence-corrected chi connectivity index (χ1v) is 5.91. The number of carbonyl (C=O) groups excluding carboxylic acids is 1. The highest BCUT2D eigenvalue weighted by Gasteiger charge is 2.23. The maximum absolute atomic E-state index is 12.1. The number of nitrogens with two attached hydrogens (primary N) is 1. The monoisotopic (exact) mass is 251 g/mol. The number of anilines is 1. The molecule has 98 valence electrons. The van der Waals surface area contributed by atoms with Crippen LogP contribution in [0, 0.1) is 0 Å². The van der Waals surface area contributed by atoms with Crippen LogP contribution in [0.2, 0.25) is 0 Å². The zero-order chi connectivity index (χ0) is 13.1. The van der Waals surface area contributed by atoms with Crippen LogP contribution in [0.3, 0.4) is 0 Å². The van der Waals surface area contributed by atoms with Crippen LogP contribution in [0.1, 0.15) is 6.92 Å². The number of aromatic nitrogens is 1. The summed E-state index contributed by atoms with van der Waals surface area (Å²) in [4.78, 5) is 25.4. The zero-order valence-electron chi connectivity index (χ0n) is 10.3. The van der Waals surface area contributed by atoms with Gasteiger partial charge in [-0.15, -0.1) is 0 Å². The number of nitrogen functional groups attached to an aromatic ring is 1. The van der Waals surface area contributed by atoms with Gasteiger partial charge in [-0.1, -0.05) is 0 Å². The van der Waals surface area contributed by atoms with Crippen molar-refractivity contribution in [2.75, 3.05) is 25.5 Å². The van der Waals surface area contributed by atoms with E-state index in [-0.39, 0.29) is 24.1 Å². The molecule has 0 aromatic carbocycles. The number of pyridine rings is 1. The third-order valence-corrected chi connectivity index (χ3v) is 3.00. The molecule has 0 saturated carbocycles. The van der Waals surface area contributed by atoms with Gasteiger partial charge in [-0.3, -0.25) is 9.59 Å². The molecular formula is C12H17N3O3. The summed E-state index contributed by atoms with van der Waals surface area (Å²) < 4.78 is 6.61. The molecule has 1 fully saturated rings. The highest BCUT2D eigenvalue weighted by Crippen LogP contribution is 2.07. The van der Waals surface area contributed by atoms with Gasteiger partial charge in [-0.2, -0.15) is 0 Å². The van der Waals surface area contributed by atoms with Gasteiger partial charge in [0.25, 0.3) is 5.56 Å². The SMILES string of the molecule is CC1COCCN1C(=O)Cn1cc(N)ccc1=O. The van der Waals surface area contributed by atoms with Gasteiger partial charge >= 0.3 is 0 Å². The molecule has 1 aromatic heterocycles. The highest BCUT2D eigenvalue weighted by molar-refractivity contribution is 5.76. The molecule has 2 rings (SSSR count). The minimum Gasteiger partial charge on any atom is -0.398 e. The number of hydrogen-bond donors (Lipinski definition) is 1. The Hall–Kier alpha value is -1.82. The molecule has 1 saturated heterocycles. The molecule has 0 spiro atoms. The molecule has 0 aliphatic carbocycles. The van der Waals surface area contributed by atoms with E-state index in [1.807, 2.05) is 6.92 Å². The van der Waals surface area contributed by atoms with Gasteiger partial charge in [0, 0.05) is 24.5 Å². The number of rotatable bonds is 2. The fourth-order valence-electron chi connectivity index (χ4n) is 2.01. The normalized spacial score (nSPS) is 19.8. The molecule has 6 nitrogen and oxygen atoms in total. The Balaban J connectivity index is 2.11. The fourth-order valence-corrected chi connectivity index (χ4v) is 2.01.